The van der Waals surface area contributed by atoms with Crippen LogP contribution < -0.4 is 0 Å². The van der Waals surface area contributed by atoms with Gasteiger partial charge in [-0.15, -0.1) is 0 Å². The van der Waals surface area contributed by atoms with Crippen LogP contribution in [-0.2, 0) is 28.6 Å². The lowest BCUT2D eigenvalue weighted by molar-refractivity contribution is -0.218. The van der Waals surface area contributed by atoms with Gasteiger partial charge in [-0.25, -0.2) is 0 Å². The van der Waals surface area contributed by atoms with Crippen LogP contribution in [0.1, 0.15) is 58.3 Å². The molecule has 0 amide bonds. The van der Waals surface area contributed by atoms with Crippen molar-refractivity contribution in [3.8, 4) is 0 Å². The summed E-state index contributed by atoms with van der Waals surface area (Å²) < 4.78 is 17.3. The van der Waals surface area contributed by atoms with E-state index in [9.17, 15) is 14.4 Å². The average Bonchev–Trinajstić information content (AvgIpc) is 2.99. The van der Waals surface area contributed by atoms with Crippen LogP contribution in [0.4, 0.5) is 0 Å². The molecule has 27 heavy (non-hydrogen) atoms. The molecule has 152 valence electrons. The molecule has 1 unspecified atom stereocenters. The van der Waals surface area contributed by atoms with Gasteiger partial charge in [-0.1, -0.05) is 12.2 Å². The zero-order valence-corrected chi connectivity index (χ0v) is 15.9. The first kappa shape index (κ1) is 21.6. The third-order valence-corrected chi connectivity index (χ3v) is 5.14. The molecule has 0 spiro atoms. The summed E-state index contributed by atoms with van der Waals surface area (Å²) in [6.45, 7) is 1.99. The second-order valence-corrected chi connectivity index (χ2v) is 7.24. The van der Waals surface area contributed by atoms with E-state index in [-0.39, 0.29) is 36.4 Å². The Morgan fingerprint density at radius 1 is 1.19 bits per heavy atom. The monoisotopic (exact) mass is 382 g/mol. The average molecular weight is 382 g/mol. The molecule has 1 heterocycles. The highest BCUT2D eigenvalue weighted by Gasteiger charge is 2.41. The maximum absolute atomic E-state index is 11.4. The summed E-state index contributed by atoms with van der Waals surface area (Å²) in [5.74, 6) is -1.35. The van der Waals surface area contributed by atoms with E-state index in [2.05, 4.69) is 0 Å². The van der Waals surface area contributed by atoms with Crippen molar-refractivity contribution in [3.63, 3.8) is 0 Å². The maximum Gasteiger partial charge on any atom is 0.303 e. The van der Waals surface area contributed by atoms with Gasteiger partial charge >= 0.3 is 11.9 Å². The first-order valence-electron chi connectivity index (χ1n) is 9.77. The molecule has 7 heteroatoms. The summed E-state index contributed by atoms with van der Waals surface area (Å²) in [5.41, 5.74) is 0. The summed E-state index contributed by atoms with van der Waals surface area (Å²) >= 11 is 0. The Kier molecular flexibility index (Phi) is 8.94. The van der Waals surface area contributed by atoms with Crippen LogP contribution >= 0.6 is 0 Å². The molecule has 5 atom stereocenters. The molecule has 1 aliphatic heterocycles. The molecule has 1 saturated heterocycles. The van der Waals surface area contributed by atoms with Crippen molar-refractivity contribution in [3.05, 3.63) is 12.2 Å². The lowest BCUT2D eigenvalue weighted by Gasteiger charge is -2.32. The van der Waals surface area contributed by atoms with Crippen LogP contribution in [0.3, 0.4) is 0 Å². The topological polar surface area (TPSA) is 99.1 Å². The summed E-state index contributed by atoms with van der Waals surface area (Å²) in [4.78, 5) is 33.2. The normalized spacial score (nSPS) is 31.1. The highest BCUT2D eigenvalue weighted by Crippen LogP contribution is 2.36. The Morgan fingerprint density at radius 3 is 2.67 bits per heavy atom. The van der Waals surface area contributed by atoms with Crippen LogP contribution in [0.2, 0.25) is 0 Å². The number of hydrogen-bond acceptors (Lipinski definition) is 6. The number of carbonyl (C=O) groups excluding carboxylic acids is 2. The van der Waals surface area contributed by atoms with Crippen LogP contribution in [-0.4, -0.2) is 48.4 Å². The molecule has 2 rings (SSSR count). The maximum atomic E-state index is 11.4. The zero-order chi connectivity index (χ0) is 19.6. The molecule has 0 aromatic carbocycles. The fourth-order valence-electron chi connectivity index (χ4n) is 3.79. The van der Waals surface area contributed by atoms with Gasteiger partial charge < -0.3 is 24.1 Å². The Bertz CT molecular complexity index is 530. The lowest BCUT2D eigenvalue weighted by Crippen LogP contribution is -2.38. The smallest absolute Gasteiger partial charge is 0.303 e. The number of rotatable bonds is 10. The third-order valence-electron chi connectivity index (χ3n) is 5.14. The van der Waals surface area contributed by atoms with Crippen LogP contribution in [0.25, 0.3) is 0 Å². The van der Waals surface area contributed by atoms with Crippen molar-refractivity contribution < 1.29 is 33.7 Å². The first-order chi connectivity index (χ1) is 13.0. The SMILES string of the molecule is CC(=O)O[C@H]1CC[C@@H](O[C@H]2OCCC[C@@H]2C=O)C1C/C=C/CCCC(=O)O. The molecule has 0 aromatic heterocycles. The van der Waals surface area contributed by atoms with E-state index < -0.39 is 12.3 Å². The number of hydrogen-bond donors (Lipinski definition) is 1. The molecule has 2 fully saturated rings. The van der Waals surface area contributed by atoms with Gasteiger partial charge in [0.1, 0.15) is 12.4 Å². The van der Waals surface area contributed by atoms with Gasteiger partial charge in [-0.3, -0.25) is 9.59 Å². The van der Waals surface area contributed by atoms with E-state index in [1.54, 1.807) is 0 Å². The van der Waals surface area contributed by atoms with Gasteiger partial charge in [-0.05, 0) is 44.9 Å². The Labute approximate surface area is 160 Å². The summed E-state index contributed by atoms with van der Waals surface area (Å²) in [7, 11) is 0. The van der Waals surface area contributed by atoms with E-state index in [4.69, 9.17) is 19.3 Å². The first-order valence-corrected chi connectivity index (χ1v) is 9.77. The standard InChI is InChI=1S/C20H30O7/c1-14(22)26-17-10-11-18(27-20-15(13-21)7-6-12-25-20)16(17)8-4-2-3-5-9-19(23)24/h2,4,13,15-18,20H,3,5-12H2,1H3,(H,23,24)/b4-2+/t15-,16?,17+,18-,20-/m1/s1. The quantitative estimate of drug-likeness (QED) is 0.268. The number of aliphatic carboxylic acids is 1. The number of unbranched alkanes of at least 4 members (excludes halogenated alkanes) is 1. The van der Waals surface area contributed by atoms with E-state index in [1.165, 1.54) is 6.92 Å². The van der Waals surface area contributed by atoms with Crippen LogP contribution in [0, 0.1) is 11.8 Å². The van der Waals surface area contributed by atoms with Gasteiger partial charge in [0.05, 0.1) is 12.0 Å². The van der Waals surface area contributed by atoms with Gasteiger partial charge in [0.15, 0.2) is 6.29 Å². The van der Waals surface area contributed by atoms with E-state index in [0.29, 0.717) is 25.9 Å². The van der Waals surface area contributed by atoms with Gasteiger partial charge in [-0.2, -0.15) is 0 Å². The van der Waals surface area contributed by atoms with Gasteiger partial charge in [0.25, 0.3) is 0 Å². The van der Waals surface area contributed by atoms with Crippen molar-refractivity contribution >= 4 is 18.2 Å². The minimum Gasteiger partial charge on any atom is -0.481 e. The van der Waals surface area contributed by atoms with Crippen molar-refractivity contribution in [2.45, 2.75) is 76.8 Å². The molecular weight excluding hydrogens is 352 g/mol. The number of allylic oxidation sites excluding steroid dienone is 2. The van der Waals surface area contributed by atoms with E-state index in [1.807, 2.05) is 12.2 Å². The van der Waals surface area contributed by atoms with Crippen molar-refractivity contribution in [1.29, 1.82) is 0 Å². The minimum atomic E-state index is -0.792. The van der Waals surface area contributed by atoms with E-state index in [0.717, 1.165) is 32.0 Å². The number of esters is 1. The Hall–Kier alpha value is -1.73. The van der Waals surface area contributed by atoms with Crippen LogP contribution in [0.15, 0.2) is 12.2 Å². The van der Waals surface area contributed by atoms with Crippen LogP contribution in [0.5, 0.6) is 0 Å². The summed E-state index contributed by atoms with van der Waals surface area (Å²) in [6, 6.07) is 0. The molecule has 1 N–H and O–H groups in total. The number of carboxylic acid groups (broad SMARTS) is 1. The lowest BCUT2D eigenvalue weighted by atomic mass is 9.97. The second kappa shape index (κ2) is 11.2. The van der Waals surface area contributed by atoms with Gasteiger partial charge in [0, 0.05) is 25.9 Å². The highest BCUT2D eigenvalue weighted by atomic mass is 16.7. The molecule has 7 nitrogen and oxygen atoms in total. The summed E-state index contributed by atoms with van der Waals surface area (Å²) in [5, 5.41) is 8.67. The Balaban J connectivity index is 1.92. The summed E-state index contributed by atoms with van der Waals surface area (Å²) in [6.07, 6.45) is 9.21. The number of ether oxygens (including phenoxy) is 3. The fraction of sp³-hybridized carbons (Fsp3) is 0.750. The van der Waals surface area contributed by atoms with Gasteiger partial charge in [0.2, 0.25) is 0 Å². The molecule has 0 aromatic rings. The van der Waals surface area contributed by atoms with Crippen molar-refractivity contribution in [2.75, 3.05) is 6.61 Å². The predicted octanol–water partition coefficient (Wildman–Crippen LogP) is 2.87. The molecule has 0 radical (unpaired) electrons. The molecular formula is C20H30O7. The fourth-order valence-corrected chi connectivity index (χ4v) is 3.79. The number of aldehydes is 1. The minimum absolute atomic E-state index is 0.00227. The third kappa shape index (κ3) is 7.07. The molecule has 0 bridgehead atoms. The molecule has 1 saturated carbocycles. The van der Waals surface area contributed by atoms with Crippen molar-refractivity contribution in [2.24, 2.45) is 11.8 Å². The zero-order valence-electron chi connectivity index (χ0n) is 15.9. The number of carboxylic acids is 1. The number of carbonyl (C=O) groups is 3. The van der Waals surface area contributed by atoms with E-state index >= 15 is 0 Å². The molecule has 1 aliphatic carbocycles. The largest absolute Gasteiger partial charge is 0.481 e. The predicted molar refractivity (Wildman–Crippen MR) is 96.9 cm³/mol. The molecule has 2 aliphatic rings. The Morgan fingerprint density at radius 2 is 1.96 bits per heavy atom. The van der Waals surface area contributed by atoms with Crippen molar-refractivity contribution in [1.82, 2.24) is 0 Å². The second-order valence-electron chi connectivity index (χ2n) is 7.24. The highest BCUT2D eigenvalue weighted by molar-refractivity contribution is 5.66.